The molecule has 1 amide bonds. The van der Waals surface area contributed by atoms with E-state index in [0.29, 0.717) is 12.3 Å². The Balaban J connectivity index is 1.98. The van der Waals surface area contributed by atoms with E-state index in [1.54, 1.807) is 18.2 Å². The van der Waals surface area contributed by atoms with Gasteiger partial charge in [0.25, 0.3) is 5.91 Å². The second kappa shape index (κ2) is 7.88. The zero-order valence-electron chi connectivity index (χ0n) is 12.4. The normalized spacial score (nSPS) is 10.0. The molecule has 0 saturated heterocycles. The van der Waals surface area contributed by atoms with Crippen LogP contribution in [-0.4, -0.2) is 12.5 Å². The molecule has 0 aliphatic heterocycles. The van der Waals surface area contributed by atoms with E-state index in [-0.39, 0.29) is 18.3 Å². The highest BCUT2D eigenvalue weighted by Crippen LogP contribution is 2.20. The minimum absolute atomic E-state index is 0.264. The molecule has 0 radical (unpaired) electrons. The van der Waals surface area contributed by atoms with Gasteiger partial charge in [0.15, 0.2) is 5.76 Å². The van der Waals surface area contributed by atoms with E-state index in [1.165, 1.54) is 0 Å². The maximum Gasteiger partial charge on any atom is 0.287 e. The van der Waals surface area contributed by atoms with Crippen molar-refractivity contribution in [1.29, 1.82) is 0 Å². The summed E-state index contributed by atoms with van der Waals surface area (Å²) >= 11 is 0. The highest BCUT2D eigenvalue weighted by Gasteiger charge is 2.11. The monoisotopic (exact) mass is 297 g/mol. The molecule has 114 valence electrons. The number of carbonyl (C=O) groups excluding carboxylic acids is 1. The summed E-state index contributed by atoms with van der Waals surface area (Å²) in [4.78, 5) is 11.7. The average Bonchev–Trinajstić information content (AvgIpc) is 3.01. The molecule has 1 heterocycles. The highest BCUT2D eigenvalue weighted by atomic mass is 16.5. The molecule has 0 atom stereocenters. The van der Waals surface area contributed by atoms with Crippen molar-refractivity contribution < 1.29 is 13.9 Å². The summed E-state index contributed by atoms with van der Waals surface area (Å²) in [6, 6.07) is 11.1. The Morgan fingerprint density at radius 2 is 2.00 bits per heavy atom. The Labute approximate surface area is 130 Å². The van der Waals surface area contributed by atoms with Gasteiger partial charge in [0.2, 0.25) is 0 Å². The Hall–Kier alpha value is -2.75. The smallest absolute Gasteiger partial charge is 0.287 e. The Bertz CT molecular complexity index is 658. The largest absolute Gasteiger partial charge is 0.485 e. The first-order valence-corrected chi connectivity index (χ1v) is 7.04. The van der Waals surface area contributed by atoms with Crippen LogP contribution in [0, 0.1) is 0 Å². The van der Waals surface area contributed by atoms with Crippen LogP contribution in [0.15, 0.2) is 66.1 Å². The summed E-state index contributed by atoms with van der Waals surface area (Å²) < 4.78 is 11.2. The van der Waals surface area contributed by atoms with Crippen LogP contribution < -0.4 is 10.1 Å². The summed E-state index contributed by atoms with van der Waals surface area (Å²) in [6.07, 6.45) is 4.18. The number of furan rings is 1. The van der Waals surface area contributed by atoms with Crippen molar-refractivity contribution in [3.05, 3.63) is 78.8 Å². The minimum atomic E-state index is -0.266. The summed E-state index contributed by atoms with van der Waals surface area (Å²) in [5.41, 5.74) is 1.06. The summed E-state index contributed by atoms with van der Waals surface area (Å²) in [7, 11) is 0. The van der Waals surface area contributed by atoms with E-state index in [9.17, 15) is 4.79 Å². The van der Waals surface area contributed by atoms with Gasteiger partial charge in [0.1, 0.15) is 18.1 Å². The van der Waals surface area contributed by atoms with Gasteiger partial charge in [-0.1, -0.05) is 30.4 Å². The maximum absolute atomic E-state index is 11.7. The summed E-state index contributed by atoms with van der Waals surface area (Å²) in [6.45, 7) is 7.95. The molecule has 2 aromatic rings. The van der Waals surface area contributed by atoms with Gasteiger partial charge in [-0.2, -0.15) is 0 Å². The van der Waals surface area contributed by atoms with Crippen molar-refractivity contribution >= 4 is 5.91 Å². The Morgan fingerprint density at radius 1 is 1.18 bits per heavy atom. The molecule has 0 aliphatic rings. The number of hydrogen-bond donors (Lipinski definition) is 1. The fourth-order valence-electron chi connectivity index (χ4n) is 1.95. The molecule has 22 heavy (non-hydrogen) atoms. The van der Waals surface area contributed by atoms with Gasteiger partial charge in [-0.3, -0.25) is 4.79 Å². The van der Waals surface area contributed by atoms with Gasteiger partial charge in [-0.05, 0) is 30.2 Å². The number of rotatable bonds is 8. The first kappa shape index (κ1) is 15.6. The van der Waals surface area contributed by atoms with Crippen LogP contribution in [0.3, 0.4) is 0 Å². The third kappa shape index (κ3) is 4.12. The van der Waals surface area contributed by atoms with E-state index >= 15 is 0 Å². The molecule has 4 nitrogen and oxygen atoms in total. The van der Waals surface area contributed by atoms with Crippen LogP contribution in [-0.2, 0) is 13.0 Å². The Morgan fingerprint density at radius 3 is 2.77 bits per heavy atom. The number of para-hydroxylation sites is 1. The van der Waals surface area contributed by atoms with Crippen molar-refractivity contribution in [2.45, 2.75) is 13.0 Å². The van der Waals surface area contributed by atoms with E-state index in [2.05, 4.69) is 18.5 Å². The number of amides is 1. The maximum atomic E-state index is 11.7. The summed E-state index contributed by atoms with van der Waals surface area (Å²) in [5, 5.41) is 2.66. The number of allylic oxidation sites excluding steroid dienone is 1. The average molecular weight is 297 g/mol. The van der Waals surface area contributed by atoms with E-state index in [0.717, 1.165) is 17.7 Å². The predicted molar refractivity (Wildman–Crippen MR) is 85.9 cm³/mol. The third-order valence-corrected chi connectivity index (χ3v) is 3.00. The second-order valence-electron chi connectivity index (χ2n) is 4.65. The van der Waals surface area contributed by atoms with Crippen LogP contribution in [0.25, 0.3) is 0 Å². The van der Waals surface area contributed by atoms with Gasteiger partial charge in [0, 0.05) is 6.54 Å². The number of ether oxygens (including phenoxy) is 1. The molecule has 2 rings (SSSR count). The van der Waals surface area contributed by atoms with Gasteiger partial charge in [-0.25, -0.2) is 0 Å². The molecule has 0 fully saturated rings. The van der Waals surface area contributed by atoms with Crippen LogP contribution in [0.1, 0.15) is 21.9 Å². The van der Waals surface area contributed by atoms with Crippen molar-refractivity contribution in [2.24, 2.45) is 0 Å². The van der Waals surface area contributed by atoms with Gasteiger partial charge in [-0.15, -0.1) is 13.2 Å². The lowest BCUT2D eigenvalue weighted by Gasteiger charge is -2.08. The van der Waals surface area contributed by atoms with Crippen LogP contribution >= 0.6 is 0 Å². The number of benzene rings is 1. The van der Waals surface area contributed by atoms with Gasteiger partial charge in [0.05, 0.1) is 0 Å². The quantitative estimate of drug-likeness (QED) is 0.759. The lowest BCUT2D eigenvalue weighted by atomic mass is 10.1. The zero-order valence-corrected chi connectivity index (χ0v) is 12.4. The van der Waals surface area contributed by atoms with Gasteiger partial charge >= 0.3 is 0 Å². The molecule has 1 N–H and O–H groups in total. The first-order valence-electron chi connectivity index (χ1n) is 7.04. The molecule has 0 saturated carbocycles. The van der Waals surface area contributed by atoms with Crippen molar-refractivity contribution in [3.8, 4) is 5.75 Å². The standard InChI is InChI=1S/C18H19NO3/c1-3-7-14-8-5-6-9-16(14)21-13-15-10-11-17(22-15)18(20)19-12-4-2/h3-6,8-11H,1-2,7,12-13H2,(H,19,20). The molecule has 0 spiro atoms. The van der Waals surface area contributed by atoms with E-state index in [4.69, 9.17) is 9.15 Å². The molecular formula is C18H19NO3. The van der Waals surface area contributed by atoms with Gasteiger partial charge < -0.3 is 14.5 Å². The molecule has 0 bridgehead atoms. The fourth-order valence-corrected chi connectivity index (χ4v) is 1.95. The molecule has 1 aromatic heterocycles. The highest BCUT2D eigenvalue weighted by molar-refractivity contribution is 5.91. The molecular weight excluding hydrogens is 278 g/mol. The predicted octanol–water partition coefficient (Wildman–Crippen LogP) is 3.50. The topological polar surface area (TPSA) is 51.5 Å². The molecule has 1 aromatic carbocycles. The summed E-state index contributed by atoms with van der Waals surface area (Å²) in [5.74, 6) is 1.38. The first-order chi connectivity index (χ1) is 10.7. The minimum Gasteiger partial charge on any atom is -0.485 e. The SMILES string of the molecule is C=CCNC(=O)c1ccc(COc2ccccc2CC=C)o1. The van der Waals surface area contributed by atoms with Crippen LogP contribution in [0.5, 0.6) is 5.75 Å². The lowest BCUT2D eigenvalue weighted by Crippen LogP contribution is -2.22. The molecule has 0 unspecified atom stereocenters. The lowest BCUT2D eigenvalue weighted by molar-refractivity contribution is 0.0926. The van der Waals surface area contributed by atoms with Crippen molar-refractivity contribution in [3.63, 3.8) is 0 Å². The number of hydrogen-bond acceptors (Lipinski definition) is 3. The third-order valence-electron chi connectivity index (χ3n) is 3.00. The van der Waals surface area contributed by atoms with E-state index in [1.807, 2.05) is 30.3 Å². The number of nitrogens with one attached hydrogen (secondary N) is 1. The molecule has 0 aliphatic carbocycles. The van der Waals surface area contributed by atoms with Crippen LogP contribution in [0.4, 0.5) is 0 Å². The number of carbonyl (C=O) groups is 1. The second-order valence-corrected chi connectivity index (χ2v) is 4.65. The fraction of sp³-hybridized carbons (Fsp3) is 0.167. The van der Waals surface area contributed by atoms with E-state index < -0.39 is 0 Å². The Kier molecular flexibility index (Phi) is 5.60. The van der Waals surface area contributed by atoms with Crippen LogP contribution in [0.2, 0.25) is 0 Å². The van der Waals surface area contributed by atoms with Crippen molar-refractivity contribution in [1.82, 2.24) is 5.32 Å². The molecule has 4 heteroatoms. The van der Waals surface area contributed by atoms with Crippen molar-refractivity contribution in [2.75, 3.05) is 6.54 Å². The zero-order chi connectivity index (χ0) is 15.8.